The van der Waals surface area contributed by atoms with Gasteiger partial charge in [0.05, 0.1) is 23.9 Å². The van der Waals surface area contributed by atoms with Gasteiger partial charge in [-0.1, -0.05) is 0 Å². The number of aromatic nitrogens is 2. The van der Waals surface area contributed by atoms with Crippen molar-refractivity contribution in [3.63, 3.8) is 0 Å². The summed E-state index contributed by atoms with van der Waals surface area (Å²) in [5.74, 6) is -2.05. The first-order chi connectivity index (χ1) is 21.3. The van der Waals surface area contributed by atoms with Crippen LogP contribution in [0.4, 0.5) is 17.6 Å². The van der Waals surface area contributed by atoms with Gasteiger partial charge in [0.1, 0.15) is 40.0 Å². The van der Waals surface area contributed by atoms with Crippen LogP contribution in [0, 0.1) is 5.82 Å². The second kappa shape index (κ2) is 11.1. The Kier molecular flexibility index (Phi) is 7.52. The number of hydrogen-bond donors (Lipinski definition) is 3. The van der Waals surface area contributed by atoms with Crippen molar-refractivity contribution in [2.24, 2.45) is 5.73 Å². The maximum atomic E-state index is 14.7. The standard InChI is InChI=1S/C31H26F4N4O5S/c1-29(28(36)41)15-43-25-21(29)13-23(39-24(25)16-2-5-18(32)6-3-16)30(42,31(33,34)35)14-38-26(40)17-4-9-20(27-37-10-11-45-27)22(12-17)44-19-7-8-19/h2-6,9-13,19,42H,7-8,14-15H2,1H3,(H2,36,41)(H,38,40)/t29-,30?/m0/s1. The van der Waals surface area contributed by atoms with Crippen molar-refractivity contribution >= 4 is 23.2 Å². The zero-order valence-electron chi connectivity index (χ0n) is 23.7. The zero-order chi connectivity index (χ0) is 32.1. The molecule has 2 aromatic carbocycles. The number of pyridine rings is 1. The molecule has 1 fully saturated rings. The molecule has 1 aliphatic carbocycles. The van der Waals surface area contributed by atoms with Crippen LogP contribution in [-0.2, 0) is 15.8 Å². The lowest BCUT2D eigenvalue weighted by Gasteiger charge is -2.31. The fourth-order valence-corrected chi connectivity index (χ4v) is 5.58. The number of ether oxygens (including phenoxy) is 2. The number of alkyl halides is 3. The van der Waals surface area contributed by atoms with E-state index >= 15 is 0 Å². The SMILES string of the molecule is C[C@]1(C(N)=O)COc2c1cc(C(O)(CNC(=O)c1ccc(-c3nccs3)c(OC3CC3)c1)C(F)(F)F)nc2-c1ccc(F)cc1. The van der Waals surface area contributed by atoms with Crippen molar-refractivity contribution in [2.45, 2.75) is 43.1 Å². The van der Waals surface area contributed by atoms with Gasteiger partial charge in [-0.2, -0.15) is 13.2 Å². The molecule has 0 spiro atoms. The van der Waals surface area contributed by atoms with E-state index in [4.69, 9.17) is 15.2 Å². The monoisotopic (exact) mass is 642 g/mol. The van der Waals surface area contributed by atoms with E-state index in [1.54, 1.807) is 17.6 Å². The number of hydrogen-bond acceptors (Lipinski definition) is 8. The number of halogens is 4. The van der Waals surface area contributed by atoms with Gasteiger partial charge in [0, 0.05) is 28.3 Å². The first-order valence-electron chi connectivity index (χ1n) is 13.8. The van der Waals surface area contributed by atoms with Crippen molar-refractivity contribution in [1.29, 1.82) is 0 Å². The zero-order valence-corrected chi connectivity index (χ0v) is 24.5. The minimum Gasteiger partial charge on any atom is -0.490 e. The van der Waals surface area contributed by atoms with E-state index in [9.17, 15) is 32.3 Å². The summed E-state index contributed by atoms with van der Waals surface area (Å²) in [4.78, 5) is 34.0. The van der Waals surface area contributed by atoms with Gasteiger partial charge in [-0.15, -0.1) is 11.3 Å². The minimum absolute atomic E-state index is 0.000835. The molecule has 9 nitrogen and oxygen atoms in total. The molecule has 0 radical (unpaired) electrons. The summed E-state index contributed by atoms with van der Waals surface area (Å²) >= 11 is 1.36. The number of nitrogens with one attached hydrogen (secondary N) is 1. The second-order valence-corrected chi connectivity index (χ2v) is 12.0. The fourth-order valence-electron chi connectivity index (χ4n) is 4.91. The Labute approximate surface area is 258 Å². The molecule has 1 saturated carbocycles. The van der Waals surface area contributed by atoms with Gasteiger partial charge in [-0.25, -0.2) is 14.4 Å². The lowest BCUT2D eigenvalue weighted by atomic mass is 9.81. The van der Waals surface area contributed by atoms with Gasteiger partial charge in [0.2, 0.25) is 11.5 Å². The molecule has 2 aliphatic rings. The highest BCUT2D eigenvalue weighted by Gasteiger charge is 2.57. The molecule has 0 saturated heterocycles. The molecule has 0 bridgehead atoms. The number of carbonyl (C=O) groups is 2. The van der Waals surface area contributed by atoms with Crippen LogP contribution in [0.15, 0.2) is 60.1 Å². The Hall–Kier alpha value is -4.56. The number of nitrogens with zero attached hydrogens (tertiary/aromatic N) is 2. The Balaban J connectivity index is 1.37. The molecule has 4 aromatic rings. The number of thiazole rings is 1. The Morgan fingerprint density at radius 2 is 1.91 bits per heavy atom. The lowest BCUT2D eigenvalue weighted by Crippen LogP contribution is -2.51. The van der Waals surface area contributed by atoms with Crippen LogP contribution < -0.4 is 20.5 Å². The Morgan fingerprint density at radius 1 is 1.18 bits per heavy atom. The summed E-state index contributed by atoms with van der Waals surface area (Å²) in [5, 5.41) is 15.9. The van der Waals surface area contributed by atoms with Crippen LogP contribution in [0.25, 0.3) is 21.8 Å². The Bertz CT molecular complexity index is 1780. The van der Waals surface area contributed by atoms with Gasteiger partial charge in [0.15, 0.2) is 0 Å². The number of rotatable bonds is 9. The molecule has 234 valence electrons. The highest BCUT2D eigenvalue weighted by atomic mass is 32.1. The minimum atomic E-state index is -5.35. The molecule has 6 rings (SSSR count). The maximum absolute atomic E-state index is 14.7. The average molecular weight is 643 g/mol. The van der Waals surface area contributed by atoms with E-state index in [0.717, 1.165) is 31.0 Å². The van der Waals surface area contributed by atoms with Crippen LogP contribution in [0.1, 0.15) is 41.4 Å². The molecular formula is C31H26F4N4O5S. The van der Waals surface area contributed by atoms with E-state index in [2.05, 4.69) is 15.3 Å². The predicted octanol–water partition coefficient (Wildman–Crippen LogP) is 4.87. The molecular weight excluding hydrogens is 616 g/mol. The van der Waals surface area contributed by atoms with Crippen molar-refractivity contribution in [3.8, 4) is 33.3 Å². The summed E-state index contributed by atoms with van der Waals surface area (Å²) in [6.07, 6.45) is -2.10. The molecule has 1 aliphatic heterocycles. The molecule has 14 heteroatoms. The van der Waals surface area contributed by atoms with Crippen LogP contribution in [-0.4, -0.2) is 52.3 Å². The van der Waals surface area contributed by atoms with E-state index in [-0.39, 0.29) is 40.8 Å². The summed E-state index contributed by atoms with van der Waals surface area (Å²) < 4.78 is 69.5. The van der Waals surface area contributed by atoms with Gasteiger partial charge < -0.3 is 25.6 Å². The number of benzene rings is 2. The third-order valence-electron chi connectivity index (χ3n) is 7.86. The fraction of sp³-hybridized carbons (Fsp3) is 0.290. The summed E-state index contributed by atoms with van der Waals surface area (Å²) in [6, 6.07) is 10.1. The maximum Gasteiger partial charge on any atom is 0.424 e. The third-order valence-corrected chi connectivity index (χ3v) is 8.66. The quantitative estimate of drug-likeness (QED) is 0.222. The molecule has 2 amide bonds. The number of fused-ring (bicyclic) bond motifs is 1. The second-order valence-electron chi connectivity index (χ2n) is 11.1. The van der Waals surface area contributed by atoms with E-state index < -0.39 is 47.1 Å². The van der Waals surface area contributed by atoms with Crippen LogP contribution in [0.2, 0.25) is 0 Å². The van der Waals surface area contributed by atoms with E-state index in [0.29, 0.717) is 16.3 Å². The van der Waals surface area contributed by atoms with Gasteiger partial charge in [-0.3, -0.25) is 9.59 Å². The first kappa shape index (κ1) is 30.5. The molecule has 4 N–H and O–H groups in total. The largest absolute Gasteiger partial charge is 0.490 e. The molecule has 1 unspecified atom stereocenters. The van der Waals surface area contributed by atoms with Crippen LogP contribution in [0.3, 0.4) is 0 Å². The van der Waals surface area contributed by atoms with Crippen molar-refractivity contribution in [1.82, 2.24) is 15.3 Å². The number of amides is 2. The van der Waals surface area contributed by atoms with Crippen molar-refractivity contribution in [3.05, 3.63) is 82.7 Å². The number of aliphatic hydroxyl groups is 1. The van der Waals surface area contributed by atoms with Crippen LogP contribution in [0.5, 0.6) is 11.5 Å². The lowest BCUT2D eigenvalue weighted by molar-refractivity contribution is -0.265. The average Bonchev–Trinajstić information content (AvgIpc) is 3.51. The first-order valence-corrected chi connectivity index (χ1v) is 14.7. The van der Waals surface area contributed by atoms with Crippen LogP contribution >= 0.6 is 11.3 Å². The van der Waals surface area contributed by atoms with Gasteiger partial charge in [0.25, 0.3) is 5.91 Å². The number of carbonyl (C=O) groups excluding carboxylic acids is 2. The molecule has 2 aromatic heterocycles. The van der Waals surface area contributed by atoms with Gasteiger partial charge in [-0.05, 0) is 68.3 Å². The van der Waals surface area contributed by atoms with E-state index in [1.807, 2.05) is 0 Å². The summed E-state index contributed by atoms with van der Waals surface area (Å²) in [5.41, 5.74) is 0.0128. The van der Waals surface area contributed by atoms with Crippen molar-refractivity contribution in [2.75, 3.05) is 13.2 Å². The van der Waals surface area contributed by atoms with Gasteiger partial charge >= 0.3 is 6.18 Å². The topological polar surface area (TPSA) is 137 Å². The summed E-state index contributed by atoms with van der Waals surface area (Å²) in [6.45, 7) is -0.226. The molecule has 2 atom stereocenters. The predicted molar refractivity (Wildman–Crippen MR) is 155 cm³/mol. The molecule has 3 heterocycles. The third kappa shape index (κ3) is 5.59. The normalized spacial score (nSPS) is 18.9. The highest BCUT2D eigenvalue weighted by molar-refractivity contribution is 7.13. The van der Waals surface area contributed by atoms with E-state index in [1.165, 1.54) is 42.5 Å². The number of primary amides is 1. The van der Waals surface area contributed by atoms with Crippen molar-refractivity contribution < 1.29 is 41.7 Å². The Morgan fingerprint density at radius 3 is 2.53 bits per heavy atom. The molecule has 45 heavy (non-hydrogen) atoms. The highest BCUT2D eigenvalue weighted by Crippen LogP contribution is 2.48. The smallest absolute Gasteiger partial charge is 0.424 e. The summed E-state index contributed by atoms with van der Waals surface area (Å²) in [7, 11) is 0. The number of nitrogens with two attached hydrogens (primary N) is 1.